The number of rotatable bonds is 5. The van der Waals surface area contributed by atoms with Crippen molar-refractivity contribution in [2.24, 2.45) is 5.10 Å². The first-order valence-electron chi connectivity index (χ1n) is 9.30. The summed E-state index contributed by atoms with van der Waals surface area (Å²) in [6, 6.07) is 18.0. The number of anilines is 1. The summed E-state index contributed by atoms with van der Waals surface area (Å²) in [4.78, 5) is 36.0. The number of carbonyl (C=O) groups excluding carboxylic acids is 3. The van der Waals surface area contributed by atoms with Crippen molar-refractivity contribution in [1.82, 2.24) is 5.43 Å². The van der Waals surface area contributed by atoms with Crippen LogP contribution >= 0.6 is 23.2 Å². The highest BCUT2D eigenvalue weighted by molar-refractivity contribution is 6.42. The van der Waals surface area contributed by atoms with Crippen molar-refractivity contribution < 1.29 is 19.1 Å². The third-order valence-corrected chi connectivity index (χ3v) is 4.67. The fourth-order valence-electron chi connectivity index (χ4n) is 2.55. The Morgan fingerprint density at radius 1 is 0.938 bits per heavy atom. The van der Waals surface area contributed by atoms with E-state index in [2.05, 4.69) is 15.8 Å². The molecule has 3 aromatic rings. The molecule has 0 saturated heterocycles. The summed E-state index contributed by atoms with van der Waals surface area (Å²) in [6.45, 7) is 1.89. The summed E-state index contributed by atoms with van der Waals surface area (Å²) in [7, 11) is 0. The van der Waals surface area contributed by atoms with Gasteiger partial charge in [-0.3, -0.25) is 9.59 Å². The van der Waals surface area contributed by atoms with Gasteiger partial charge in [0, 0.05) is 5.02 Å². The minimum Gasteiger partial charge on any atom is -0.423 e. The molecular formula is C23H17Cl2N3O4. The number of halogens is 2. The van der Waals surface area contributed by atoms with E-state index in [1.165, 1.54) is 18.3 Å². The van der Waals surface area contributed by atoms with Crippen LogP contribution in [-0.2, 0) is 9.59 Å². The highest BCUT2D eigenvalue weighted by Crippen LogP contribution is 2.25. The van der Waals surface area contributed by atoms with Gasteiger partial charge >= 0.3 is 17.8 Å². The van der Waals surface area contributed by atoms with E-state index in [1.54, 1.807) is 48.5 Å². The van der Waals surface area contributed by atoms with Gasteiger partial charge in [-0.05, 0) is 67.1 Å². The van der Waals surface area contributed by atoms with E-state index in [9.17, 15) is 14.4 Å². The predicted molar refractivity (Wildman–Crippen MR) is 123 cm³/mol. The van der Waals surface area contributed by atoms with E-state index >= 15 is 0 Å². The van der Waals surface area contributed by atoms with Gasteiger partial charge in [0.25, 0.3) is 0 Å². The lowest BCUT2D eigenvalue weighted by Crippen LogP contribution is -2.32. The summed E-state index contributed by atoms with van der Waals surface area (Å²) >= 11 is 11.8. The SMILES string of the molecule is Cc1cccc(C(=O)Oc2ccc(C=NNC(=O)C(=O)Nc3cc(Cl)ccc3Cl)cc2)c1. The van der Waals surface area contributed by atoms with Crippen LogP contribution in [0.4, 0.5) is 5.69 Å². The van der Waals surface area contributed by atoms with E-state index in [-0.39, 0.29) is 10.7 Å². The van der Waals surface area contributed by atoms with Crippen LogP contribution in [0.1, 0.15) is 21.5 Å². The van der Waals surface area contributed by atoms with Crippen LogP contribution < -0.4 is 15.5 Å². The van der Waals surface area contributed by atoms with Crippen molar-refractivity contribution in [2.45, 2.75) is 6.92 Å². The summed E-state index contributed by atoms with van der Waals surface area (Å²) in [5.41, 5.74) is 4.34. The maximum Gasteiger partial charge on any atom is 0.343 e. The average molecular weight is 470 g/mol. The van der Waals surface area contributed by atoms with Crippen LogP contribution in [0.3, 0.4) is 0 Å². The van der Waals surface area contributed by atoms with Crippen molar-refractivity contribution in [1.29, 1.82) is 0 Å². The number of ether oxygens (including phenoxy) is 1. The van der Waals surface area contributed by atoms with Gasteiger partial charge in [-0.2, -0.15) is 5.10 Å². The second-order valence-electron chi connectivity index (χ2n) is 6.61. The Bertz CT molecular complexity index is 1190. The van der Waals surface area contributed by atoms with E-state index in [0.717, 1.165) is 5.56 Å². The quantitative estimate of drug-likeness (QED) is 0.187. The minimum absolute atomic E-state index is 0.207. The number of hydrogen-bond donors (Lipinski definition) is 2. The Balaban J connectivity index is 1.53. The molecule has 32 heavy (non-hydrogen) atoms. The molecule has 0 saturated carbocycles. The van der Waals surface area contributed by atoms with Gasteiger partial charge in [0.2, 0.25) is 0 Å². The first-order chi connectivity index (χ1) is 15.3. The molecule has 2 amide bonds. The molecule has 0 atom stereocenters. The Kier molecular flexibility index (Phi) is 7.59. The minimum atomic E-state index is -0.985. The summed E-state index contributed by atoms with van der Waals surface area (Å²) < 4.78 is 5.33. The lowest BCUT2D eigenvalue weighted by molar-refractivity contribution is -0.136. The topological polar surface area (TPSA) is 96.9 Å². The monoisotopic (exact) mass is 469 g/mol. The zero-order valence-electron chi connectivity index (χ0n) is 16.8. The maximum atomic E-state index is 12.2. The first-order valence-corrected chi connectivity index (χ1v) is 10.1. The van der Waals surface area contributed by atoms with Gasteiger partial charge in [0.15, 0.2) is 0 Å². The number of hydrogen-bond acceptors (Lipinski definition) is 5. The fraction of sp³-hybridized carbons (Fsp3) is 0.0435. The summed E-state index contributed by atoms with van der Waals surface area (Å²) in [6.07, 6.45) is 1.34. The van der Waals surface area contributed by atoms with Crippen molar-refractivity contribution in [2.75, 3.05) is 5.32 Å². The highest BCUT2D eigenvalue weighted by atomic mass is 35.5. The van der Waals surface area contributed by atoms with Crippen LogP contribution in [-0.4, -0.2) is 24.0 Å². The van der Waals surface area contributed by atoms with Gasteiger partial charge < -0.3 is 10.1 Å². The number of benzene rings is 3. The molecule has 0 aliphatic rings. The zero-order valence-corrected chi connectivity index (χ0v) is 18.3. The maximum absolute atomic E-state index is 12.2. The molecule has 162 valence electrons. The lowest BCUT2D eigenvalue weighted by atomic mass is 10.1. The van der Waals surface area contributed by atoms with E-state index in [1.807, 2.05) is 13.0 Å². The molecule has 3 rings (SSSR count). The molecule has 9 heteroatoms. The van der Waals surface area contributed by atoms with Crippen LogP contribution in [0.15, 0.2) is 71.8 Å². The molecule has 3 aromatic carbocycles. The average Bonchev–Trinajstić information content (AvgIpc) is 2.77. The lowest BCUT2D eigenvalue weighted by Gasteiger charge is -2.06. The van der Waals surface area contributed by atoms with Crippen LogP contribution in [0.25, 0.3) is 0 Å². The third kappa shape index (κ3) is 6.41. The molecule has 2 N–H and O–H groups in total. The molecule has 0 aliphatic carbocycles. The molecule has 0 heterocycles. The van der Waals surface area contributed by atoms with E-state index in [4.69, 9.17) is 27.9 Å². The number of aryl methyl sites for hydroxylation is 1. The molecule has 0 bridgehead atoms. The van der Waals surface area contributed by atoms with Crippen LogP contribution in [0.2, 0.25) is 10.0 Å². The highest BCUT2D eigenvalue weighted by Gasteiger charge is 2.15. The number of esters is 1. The van der Waals surface area contributed by atoms with Gasteiger partial charge in [0.05, 0.1) is 22.5 Å². The Morgan fingerprint density at radius 2 is 1.69 bits per heavy atom. The second kappa shape index (κ2) is 10.6. The molecule has 0 unspecified atom stereocenters. The molecule has 0 spiro atoms. The van der Waals surface area contributed by atoms with E-state index < -0.39 is 17.8 Å². The zero-order chi connectivity index (χ0) is 23.1. The van der Waals surface area contributed by atoms with Crippen molar-refractivity contribution >= 4 is 52.9 Å². The van der Waals surface area contributed by atoms with Crippen LogP contribution in [0.5, 0.6) is 5.75 Å². The molecule has 0 fully saturated rings. The Labute approximate surface area is 194 Å². The van der Waals surface area contributed by atoms with Crippen molar-refractivity contribution in [3.05, 3.63) is 93.5 Å². The first kappa shape index (κ1) is 23.0. The second-order valence-corrected chi connectivity index (χ2v) is 7.45. The number of carbonyl (C=O) groups is 3. The van der Waals surface area contributed by atoms with Gasteiger partial charge in [-0.1, -0.05) is 40.9 Å². The van der Waals surface area contributed by atoms with Gasteiger partial charge in [-0.25, -0.2) is 10.2 Å². The molecule has 0 aliphatic heterocycles. The molecule has 7 nitrogen and oxygen atoms in total. The number of amides is 2. The fourth-order valence-corrected chi connectivity index (χ4v) is 2.89. The van der Waals surface area contributed by atoms with Crippen molar-refractivity contribution in [3.63, 3.8) is 0 Å². The van der Waals surface area contributed by atoms with Crippen LogP contribution in [0, 0.1) is 6.92 Å². The van der Waals surface area contributed by atoms with Gasteiger partial charge in [0.1, 0.15) is 5.75 Å². The summed E-state index contributed by atoms with van der Waals surface area (Å²) in [5.74, 6) is -2.05. The standard InChI is InChI=1S/C23H17Cl2N3O4/c1-14-3-2-4-16(11-14)23(31)32-18-8-5-15(6-9-18)13-26-28-22(30)21(29)27-20-12-17(24)7-10-19(20)25/h2-13H,1H3,(H,27,29)(H,28,30). The van der Waals surface area contributed by atoms with Crippen molar-refractivity contribution in [3.8, 4) is 5.75 Å². The van der Waals surface area contributed by atoms with E-state index in [0.29, 0.717) is 21.9 Å². The summed E-state index contributed by atoms with van der Waals surface area (Å²) in [5, 5.41) is 6.69. The molecule has 0 aromatic heterocycles. The molecular weight excluding hydrogens is 453 g/mol. The predicted octanol–water partition coefficient (Wildman–Crippen LogP) is 4.61. The van der Waals surface area contributed by atoms with Gasteiger partial charge in [-0.15, -0.1) is 0 Å². The molecule has 0 radical (unpaired) electrons. The number of nitrogens with zero attached hydrogens (tertiary/aromatic N) is 1. The smallest absolute Gasteiger partial charge is 0.343 e. The Morgan fingerprint density at radius 3 is 2.41 bits per heavy atom. The Hall–Kier alpha value is -3.68. The normalized spacial score (nSPS) is 10.6. The number of nitrogens with one attached hydrogen (secondary N) is 2. The third-order valence-electron chi connectivity index (χ3n) is 4.11. The largest absolute Gasteiger partial charge is 0.423 e. The number of hydrazone groups is 1.